The Balaban J connectivity index is 1.54. The Morgan fingerprint density at radius 3 is 2.40 bits per heavy atom. The molecule has 0 aromatic heterocycles. The van der Waals surface area contributed by atoms with Gasteiger partial charge in [0.25, 0.3) is 0 Å². The first kappa shape index (κ1) is 26.7. The number of ether oxygens (including phenoxy) is 1. The van der Waals surface area contributed by atoms with Crippen molar-refractivity contribution in [3.8, 4) is 0 Å². The maximum Gasteiger partial charge on any atom is 0.306 e. The fourth-order valence-corrected chi connectivity index (χ4v) is 9.32. The van der Waals surface area contributed by atoms with Gasteiger partial charge in [-0.15, -0.1) is 0 Å². The molecular weight excluding hydrogens is 444 g/mol. The average molecular weight is 491 g/mol. The Morgan fingerprint density at radius 1 is 1.06 bits per heavy atom. The standard InChI is InChI=1S/C28H46N2O5/c1-16(7-10-24(32)35-26(2,3)4)19-8-9-20-25-21(15-23(30-34)28(19,20)6)27(5)12-11-18(29-33)13-17(27)14-22(25)31/h16-23,25,31H,7-15H2,1-6H3. The normalized spacial score (nSPS) is 46.0. The van der Waals surface area contributed by atoms with Crippen LogP contribution in [0.4, 0.5) is 0 Å². The van der Waals surface area contributed by atoms with Gasteiger partial charge in [-0.05, 0) is 118 Å². The molecule has 4 aliphatic carbocycles. The molecule has 0 aliphatic heterocycles. The number of nitrogens with zero attached hydrogens (tertiary/aromatic N) is 2. The molecule has 4 saturated carbocycles. The molecule has 7 nitrogen and oxygen atoms in total. The van der Waals surface area contributed by atoms with Gasteiger partial charge in [0.1, 0.15) is 5.60 Å². The number of hydrogen-bond donors (Lipinski definition) is 1. The molecule has 4 rings (SSSR count). The number of aliphatic hydroxyl groups excluding tert-OH is 1. The van der Waals surface area contributed by atoms with Crippen LogP contribution in [0, 0.1) is 56.2 Å². The molecule has 35 heavy (non-hydrogen) atoms. The topological polar surface area (TPSA) is 105 Å². The summed E-state index contributed by atoms with van der Waals surface area (Å²) in [6.07, 6.45) is 6.68. The minimum absolute atomic E-state index is 0.0236. The van der Waals surface area contributed by atoms with E-state index in [9.17, 15) is 19.7 Å². The van der Waals surface area contributed by atoms with E-state index in [0.717, 1.165) is 51.4 Å². The second-order valence-electron chi connectivity index (χ2n) is 13.8. The molecule has 11 atom stereocenters. The highest BCUT2D eigenvalue weighted by Gasteiger charge is 2.66. The van der Waals surface area contributed by atoms with Gasteiger partial charge in [0.15, 0.2) is 0 Å². The minimum atomic E-state index is -0.484. The SMILES string of the molecule is CC(CCC(=O)OC(C)(C)C)C1CCC2C3C(O)CC4CC(N=O)CCC4(C)C3CC(N=O)C12C. The number of rotatable bonds is 6. The monoisotopic (exact) mass is 490 g/mol. The second kappa shape index (κ2) is 9.50. The second-order valence-corrected chi connectivity index (χ2v) is 13.8. The number of fused-ring (bicyclic) bond motifs is 5. The summed E-state index contributed by atoms with van der Waals surface area (Å²) in [6, 6.07) is -0.428. The predicted octanol–water partition coefficient (Wildman–Crippen LogP) is 6.25. The lowest BCUT2D eigenvalue weighted by Gasteiger charge is -2.63. The van der Waals surface area contributed by atoms with Crippen molar-refractivity contribution in [3.05, 3.63) is 9.81 Å². The maximum absolute atomic E-state index is 12.4. The zero-order chi connectivity index (χ0) is 25.8. The average Bonchev–Trinajstić information content (AvgIpc) is 3.13. The fourth-order valence-electron chi connectivity index (χ4n) is 9.32. The molecule has 1 N–H and O–H groups in total. The highest BCUT2D eigenvalue weighted by atomic mass is 16.6. The third kappa shape index (κ3) is 4.59. The van der Waals surface area contributed by atoms with Crippen molar-refractivity contribution >= 4 is 5.97 Å². The molecule has 0 bridgehead atoms. The van der Waals surface area contributed by atoms with Gasteiger partial charge in [0, 0.05) is 6.42 Å². The first-order valence-electron chi connectivity index (χ1n) is 13.9. The first-order chi connectivity index (χ1) is 16.3. The first-order valence-corrected chi connectivity index (χ1v) is 13.9. The van der Waals surface area contributed by atoms with E-state index < -0.39 is 11.7 Å². The van der Waals surface area contributed by atoms with Crippen LogP contribution in [0.25, 0.3) is 0 Å². The van der Waals surface area contributed by atoms with E-state index in [1.807, 2.05) is 20.8 Å². The van der Waals surface area contributed by atoms with Crippen LogP contribution in [0.1, 0.15) is 99.3 Å². The summed E-state index contributed by atoms with van der Waals surface area (Å²) in [4.78, 5) is 36.0. The molecule has 0 saturated heterocycles. The molecule has 0 aromatic carbocycles. The predicted molar refractivity (Wildman–Crippen MR) is 135 cm³/mol. The highest BCUT2D eigenvalue weighted by molar-refractivity contribution is 5.69. The van der Waals surface area contributed by atoms with Crippen LogP contribution >= 0.6 is 0 Å². The lowest BCUT2D eigenvalue weighted by atomic mass is 9.42. The molecule has 0 heterocycles. The molecule has 4 aliphatic rings. The van der Waals surface area contributed by atoms with Gasteiger partial charge < -0.3 is 9.84 Å². The van der Waals surface area contributed by atoms with Gasteiger partial charge in [-0.3, -0.25) is 4.79 Å². The van der Waals surface area contributed by atoms with Crippen molar-refractivity contribution in [2.45, 2.75) is 123 Å². The molecule has 11 unspecified atom stereocenters. The zero-order valence-electron chi connectivity index (χ0n) is 22.5. The van der Waals surface area contributed by atoms with E-state index in [1.54, 1.807) is 0 Å². The van der Waals surface area contributed by atoms with Gasteiger partial charge in [0.2, 0.25) is 0 Å². The van der Waals surface area contributed by atoms with E-state index in [1.165, 1.54) is 0 Å². The van der Waals surface area contributed by atoms with Crippen molar-refractivity contribution in [2.75, 3.05) is 0 Å². The number of carbonyl (C=O) groups excluding carboxylic acids is 1. The largest absolute Gasteiger partial charge is 0.460 e. The van der Waals surface area contributed by atoms with Crippen LogP contribution in [0.15, 0.2) is 10.4 Å². The molecule has 0 aromatic rings. The van der Waals surface area contributed by atoms with Gasteiger partial charge in [-0.1, -0.05) is 31.1 Å². The summed E-state index contributed by atoms with van der Waals surface area (Å²) in [6.45, 7) is 12.5. The van der Waals surface area contributed by atoms with Crippen LogP contribution in [0.3, 0.4) is 0 Å². The van der Waals surface area contributed by atoms with Crippen LogP contribution in [0.2, 0.25) is 0 Å². The van der Waals surface area contributed by atoms with E-state index in [4.69, 9.17) is 4.74 Å². The number of esters is 1. The third-order valence-corrected chi connectivity index (χ3v) is 11.0. The number of hydrogen-bond acceptors (Lipinski definition) is 7. The smallest absolute Gasteiger partial charge is 0.306 e. The van der Waals surface area contributed by atoms with E-state index in [2.05, 4.69) is 31.1 Å². The third-order valence-electron chi connectivity index (χ3n) is 11.0. The van der Waals surface area contributed by atoms with Crippen LogP contribution in [0.5, 0.6) is 0 Å². The highest BCUT2D eigenvalue weighted by Crippen LogP contribution is 2.69. The quantitative estimate of drug-likeness (QED) is 0.350. The number of aliphatic hydroxyl groups is 1. The van der Waals surface area contributed by atoms with Gasteiger partial charge in [-0.2, -0.15) is 9.81 Å². The molecule has 0 radical (unpaired) electrons. The van der Waals surface area contributed by atoms with Crippen molar-refractivity contribution in [1.29, 1.82) is 0 Å². The Hall–Kier alpha value is -1.37. The summed E-state index contributed by atoms with van der Waals surface area (Å²) in [5, 5.41) is 18.6. The molecule has 4 fully saturated rings. The summed E-state index contributed by atoms with van der Waals surface area (Å²) in [5.74, 6) is 1.36. The van der Waals surface area contributed by atoms with E-state index >= 15 is 0 Å². The van der Waals surface area contributed by atoms with E-state index in [-0.39, 0.29) is 58.5 Å². The number of carbonyl (C=O) groups is 1. The van der Waals surface area contributed by atoms with Gasteiger partial charge >= 0.3 is 5.97 Å². The van der Waals surface area contributed by atoms with Gasteiger partial charge in [-0.25, -0.2) is 0 Å². The fraction of sp³-hybridized carbons (Fsp3) is 0.964. The molecule has 0 spiro atoms. The Bertz CT molecular complexity index is 827. The molecular formula is C28H46N2O5. The summed E-state index contributed by atoms with van der Waals surface area (Å²) < 4.78 is 5.52. The molecule has 198 valence electrons. The maximum atomic E-state index is 12.4. The minimum Gasteiger partial charge on any atom is -0.460 e. The van der Waals surface area contributed by atoms with Gasteiger partial charge in [0.05, 0.1) is 18.2 Å². The zero-order valence-corrected chi connectivity index (χ0v) is 22.5. The van der Waals surface area contributed by atoms with Crippen molar-refractivity contribution in [3.63, 3.8) is 0 Å². The summed E-state index contributed by atoms with van der Waals surface area (Å²) >= 11 is 0. The molecule has 0 amide bonds. The molecule has 7 heteroatoms. The van der Waals surface area contributed by atoms with E-state index in [0.29, 0.717) is 12.3 Å². The Labute approximate surface area is 210 Å². The van der Waals surface area contributed by atoms with Crippen LogP contribution in [-0.2, 0) is 9.53 Å². The Morgan fingerprint density at radius 2 is 1.77 bits per heavy atom. The summed E-state index contributed by atoms with van der Waals surface area (Å²) in [5.41, 5.74) is -0.723. The lowest BCUT2D eigenvalue weighted by molar-refractivity contribution is -0.171. The van der Waals surface area contributed by atoms with Crippen molar-refractivity contribution < 1.29 is 14.6 Å². The Kier molecular flexibility index (Phi) is 7.24. The van der Waals surface area contributed by atoms with Crippen molar-refractivity contribution in [2.24, 2.45) is 56.7 Å². The lowest BCUT2D eigenvalue weighted by Crippen LogP contribution is -2.62. The van der Waals surface area contributed by atoms with Crippen molar-refractivity contribution in [1.82, 2.24) is 0 Å². The number of nitroso groups, excluding NO2 is 2. The van der Waals surface area contributed by atoms with Crippen LogP contribution < -0.4 is 0 Å². The van der Waals surface area contributed by atoms with Crippen LogP contribution in [-0.4, -0.2) is 34.9 Å². The summed E-state index contributed by atoms with van der Waals surface area (Å²) in [7, 11) is 0.